The second-order valence-corrected chi connectivity index (χ2v) is 5.35. The summed E-state index contributed by atoms with van der Waals surface area (Å²) in [6, 6.07) is 5.03. The van der Waals surface area contributed by atoms with E-state index in [0.717, 1.165) is 0 Å². The fraction of sp³-hybridized carbons (Fsp3) is 0.444. The van der Waals surface area contributed by atoms with Crippen LogP contribution in [0.1, 0.15) is 18.7 Å². The SMILES string of the molecule is C[C@@H](NS(=O)(=O)CCCl)c1ccccn1. The first-order valence-corrected chi connectivity index (χ1v) is 6.71. The standard InChI is InChI=1S/C9H13ClN2O2S/c1-8(9-4-2-3-6-11-9)12-15(13,14)7-5-10/h2-4,6,8,12H,5,7H2,1H3/t8-/m1/s1. The summed E-state index contributed by atoms with van der Waals surface area (Å²) in [6.45, 7) is 1.74. The van der Waals surface area contributed by atoms with Crippen LogP contribution in [0.15, 0.2) is 24.4 Å². The van der Waals surface area contributed by atoms with Crippen molar-refractivity contribution < 1.29 is 8.42 Å². The van der Waals surface area contributed by atoms with E-state index in [4.69, 9.17) is 11.6 Å². The second-order valence-electron chi connectivity index (χ2n) is 3.10. The van der Waals surface area contributed by atoms with Crippen LogP contribution < -0.4 is 4.72 Å². The fourth-order valence-corrected chi connectivity index (χ4v) is 2.71. The Labute approximate surface area is 94.7 Å². The highest BCUT2D eigenvalue weighted by Gasteiger charge is 2.15. The van der Waals surface area contributed by atoms with Gasteiger partial charge in [-0.15, -0.1) is 11.6 Å². The molecule has 0 aliphatic heterocycles. The molecule has 0 radical (unpaired) electrons. The average molecular weight is 249 g/mol. The summed E-state index contributed by atoms with van der Waals surface area (Å²) in [7, 11) is -3.30. The Kier molecular flexibility index (Phi) is 4.50. The third-order valence-corrected chi connectivity index (χ3v) is 3.70. The first kappa shape index (κ1) is 12.4. The zero-order valence-corrected chi connectivity index (χ0v) is 9.92. The van der Waals surface area contributed by atoms with Gasteiger partial charge in [-0.05, 0) is 19.1 Å². The molecule has 1 N–H and O–H groups in total. The maximum Gasteiger partial charge on any atom is 0.213 e. The topological polar surface area (TPSA) is 59.1 Å². The first-order valence-electron chi connectivity index (χ1n) is 4.52. The highest BCUT2D eigenvalue weighted by molar-refractivity contribution is 7.89. The summed E-state index contributed by atoms with van der Waals surface area (Å²) in [6.07, 6.45) is 1.63. The molecule has 1 aromatic rings. The largest absolute Gasteiger partial charge is 0.260 e. The lowest BCUT2D eigenvalue weighted by molar-refractivity contribution is 0.565. The summed E-state index contributed by atoms with van der Waals surface area (Å²) in [5.74, 6) is 0.00992. The Morgan fingerprint density at radius 3 is 2.80 bits per heavy atom. The van der Waals surface area contributed by atoms with Crippen molar-refractivity contribution in [3.63, 3.8) is 0 Å². The van der Waals surface area contributed by atoms with Gasteiger partial charge in [0.2, 0.25) is 10.0 Å². The molecule has 0 aromatic carbocycles. The molecule has 0 unspecified atom stereocenters. The number of nitrogens with one attached hydrogen (secondary N) is 1. The maximum atomic E-state index is 11.4. The first-order chi connectivity index (χ1) is 7.05. The molecule has 0 saturated heterocycles. The summed E-state index contributed by atoms with van der Waals surface area (Å²) in [4.78, 5) is 4.06. The van der Waals surface area contributed by atoms with Crippen molar-refractivity contribution in [3.05, 3.63) is 30.1 Å². The van der Waals surface area contributed by atoms with Gasteiger partial charge >= 0.3 is 0 Å². The lowest BCUT2D eigenvalue weighted by Crippen LogP contribution is -2.30. The third kappa shape index (κ3) is 4.15. The van der Waals surface area contributed by atoms with Gasteiger partial charge < -0.3 is 0 Å². The molecule has 0 amide bonds. The summed E-state index contributed by atoms with van der Waals surface area (Å²) in [5.41, 5.74) is 0.690. The molecule has 1 rings (SSSR count). The number of hydrogen-bond acceptors (Lipinski definition) is 3. The molecule has 15 heavy (non-hydrogen) atoms. The van der Waals surface area contributed by atoms with Gasteiger partial charge in [-0.3, -0.25) is 4.98 Å². The smallest absolute Gasteiger partial charge is 0.213 e. The normalized spacial score (nSPS) is 13.7. The lowest BCUT2D eigenvalue weighted by Gasteiger charge is -2.12. The zero-order chi connectivity index (χ0) is 11.3. The quantitative estimate of drug-likeness (QED) is 0.799. The summed E-state index contributed by atoms with van der Waals surface area (Å²) >= 11 is 5.38. The molecule has 1 aromatic heterocycles. The van der Waals surface area contributed by atoms with Gasteiger partial charge in [-0.25, -0.2) is 13.1 Å². The molecular weight excluding hydrogens is 236 g/mol. The number of nitrogens with zero attached hydrogens (tertiary/aromatic N) is 1. The molecular formula is C9H13ClN2O2S. The van der Waals surface area contributed by atoms with Crippen LogP contribution in [0, 0.1) is 0 Å². The van der Waals surface area contributed by atoms with Crippen molar-refractivity contribution in [2.45, 2.75) is 13.0 Å². The van der Waals surface area contributed by atoms with Crippen LogP contribution in [0.5, 0.6) is 0 Å². The van der Waals surface area contributed by atoms with Crippen molar-refractivity contribution >= 4 is 21.6 Å². The van der Waals surface area contributed by atoms with E-state index in [1.54, 1.807) is 25.3 Å². The van der Waals surface area contributed by atoms with Gasteiger partial charge in [0, 0.05) is 12.1 Å². The van der Waals surface area contributed by atoms with Gasteiger partial charge in [0.15, 0.2) is 0 Å². The van der Waals surface area contributed by atoms with Crippen molar-refractivity contribution in [2.75, 3.05) is 11.6 Å². The zero-order valence-electron chi connectivity index (χ0n) is 8.35. The highest BCUT2D eigenvalue weighted by atomic mass is 35.5. The molecule has 0 bridgehead atoms. The van der Waals surface area contributed by atoms with Crippen molar-refractivity contribution in [2.24, 2.45) is 0 Å². The van der Waals surface area contributed by atoms with E-state index in [9.17, 15) is 8.42 Å². The molecule has 0 spiro atoms. The Morgan fingerprint density at radius 1 is 1.53 bits per heavy atom. The summed E-state index contributed by atoms with van der Waals surface area (Å²) in [5, 5.41) is 0. The van der Waals surface area contributed by atoms with Crippen molar-refractivity contribution in [1.29, 1.82) is 0 Å². The predicted octanol–water partition coefficient (Wildman–Crippen LogP) is 1.30. The molecule has 0 fully saturated rings. The van der Waals surface area contributed by atoms with E-state index < -0.39 is 10.0 Å². The molecule has 0 aliphatic carbocycles. The van der Waals surface area contributed by atoms with E-state index in [-0.39, 0.29) is 17.7 Å². The molecule has 0 saturated carbocycles. The fourth-order valence-electron chi connectivity index (χ4n) is 1.12. The number of aromatic nitrogens is 1. The number of alkyl halides is 1. The van der Waals surface area contributed by atoms with Crippen LogP contribution in [0.3, 0.4) is 0 Å². The number of sulfonamides is 1. The van der Waals surface area contributed by atoms with Crippen LogP contribution in [-0.2, 0) is 10.0 Å². The number of halogens is 1. The molecule has 6 heteroatoms. The Morgan fingerprint density at radius 2 is 2.27 bits per heavy atom. The van der Waals surface area contributed by atoms with Crippen LogP contribution in [0.25, 0.3) is 0 Å². The molecule has 4 nitrogen and oxygen atoms in total. The second kappa shape index (κ2) is 5.44. The van der Waals surface area contributed by atoms with Gasteiger partial charge in [0.1, 0.15) is 0 Å². The van der Waals surface area contributed by atoms with Gasteiger partial charge in [0.05, 0.1) is 17.5 Å². The lowest BCUT2D eigenvalue weighted by atomic mass is 10.2. The van der Waals surface area contributed by atoms with Crippen molar-refractivity contribution in [1.82, 2.24) is 9.71 Å². The molecule has 1 atom stereocenters. The molecule has 1 heterocycles. The van der Waals surface area contributed by atoms with Crippen LogP contribution >= 0.6 is 11.6 Å². The van der Waals surface area contributed by atoms with Gasteiger partial charge in [0.25, 0.3) is 0 Å². The summed E-state index contributed by atoms with van der Waals surface area (Å²) < 4.78 is 25.3. The predicted molar refractivity (Wildman–Crippen MR) is 60.3 cm³/mol. The maximum absolute atomic E-state index is 11.4. The van der Waals surface area contributed by atoms with E-state index >= 15 is 0 Å². The molecule has 0 aliphatic rings. The van der Waals surface area contributed by atoms with Gasteiger partial charge in [-0.1, -0.05) is 6.07 Å². The minimum atomic E-state index is -3.30. The Bertz CT molecular complexity index is 394. The molecule has 84 valence electrons. The minimum Gasteiger partial charge on any atom is -0.260 e. The van der Waals surface area contributed by atoms with Crippen LogP contribution in [0.2, 0.25) is 0 Å². The van der Waals surface area contributed by atoms with E-state index in [0.29, 0.717) is 5.69 Å². The number of pyridine rings is 1. The van der Waals surface area contributed by atoms with Gasteiger partial charge in [-0.2, -0.15) is 0 Å². The number of hydrogen-bond donors (Lipinski definition) is 1. The monoisotopic (exact) mass is 248 g/mol. The number of rotatable bonds is 5. The van der Waals surface area contributed by atoms with Crippen LogP contribution in [0.4, 0.5) is 0 Å². The Balaban J connectivity index is 2.68. The van der Waals surface area contributed by atoms with E-state index in [2.05, 4.69) is 9.71 Å². The highest BCUT2D eigenvalue weighted by Crippen LogP contribution is 2.09. The third-order valence-electron chi connectivity index (χ3n) is 1.83. The average Bonchev–Trinajstić information content (AvgIpc) is 2.18. The minimum absolute atomic E-state index is 0.0776. The Hall–Kier alpha value is -0.650. The van der Waals surface area contributed by atoms with Crippen LogP contribution in [-0.4, -0.2) is 25.0 Å². The van der Waals surface area contributed by atoms with E-state index in [1.165, 1.54) is 0 Å². The van der Waals surface area contributed by atoms with Crippen molar-refractivity contribution in [3.8, 4) is 0 Å². The van der Waals surface area contributed by atoms with E-state index in [1.807, 2.05) is 6.07 Å².